The lowest BCUT2D eigenvalue weighted by Crippen LogP contribution is -2.05. The van der Waals surface area contributed by atoms with Gasteiger partial charge in [-0.05, 0) is 30.7 Å². The average Bonchev–Trinajstić information content (AvgIpc) is 2.67. The number of nitrogens with zero attached hydrogens (tertiary/aromatic N) is 2. The molecule has 17 heavy (non-hydrogen) atoms. The van der Waals surface area contributed by atoms with E-state index in [-0.39, 0.29) is 5.56 Å². The van der Waals surface area contributed by atoms with Crippen LogP contribution in [0.25, 0.3) is 0 Å². The first-order chi connectivity index (χ1) is 8.08. The predicted octanol–water partition coefficient (Wildman–Crippen LogP) is 2.70. The molecular formula is C12H11BrN2O2. The van der Waals surface area contributed by atoms with E-state index < -0.39 is 5.97 Å². The van der Waals surface area contributed by atoms with Crippen molar-refractivity contribution in [2.24, 2.45) is 0 Å². The largest absolute Gasteiger partial charge is 0.478 e. The van der Waals surface area contributed by atoms with Crippen LogP contribution in [0, 0.1) is 6.92 Å². The summed E-state index contributed by atoms with van der Waals surface area (Å²) in [5.74, 6) is -0.924. The van der Waals surface area contributed by atoms with Crippen molar-refractivity contribution in [3.8, 4) is 0 Å². The molecule has 0 fully saturated rings. The molecule has 1 N–H and O–H groups in total. The normalized spacial score (nSPS) is 10.5. The minimum atomic E-state index is -0.924. The minimum Gasteiger partial charge on any atom is -0.478 e. The highest BCUT2D eigenvalue weighted by atomic mass is 79.9. The quantitative estimate of drug-likeness (QED) is 0.947. The molecule has 4 nitrogen and oxygen atoms in total. The Morgan fingerprint density at radius 1 is 1.47 bits per heavy atom. The number of benzene rings is 1. The molecule has 1 aromatic carbocycles. The second-order valence-corrected chi connectivity index (χ2v) is 4.60. The molecule has 0 saturated heterocycles. The van der Waals surface area contributed by atoms with Gasteiger partial charge in [-0.3, -0.25) is 4.68 Å². The van der Waals surface area contributed by atoms with Crippen molar-refractivity contribution in [3.05, 3.63) is 51.8 Å². The van der Waals surface area contributed by atoms with Gasteiger partial charge in [0.05, 0.1) is 12.1 Å². The van der Waals surface area contributed by atoms with Gasteiger partial charge in [0.25, 0.3) is 0 Å². The van der Waals surface area contributed by atoms with E-state index in [0.717, 1.165) is 15.7 Å². The molecular weight excluding hydrogens is 284 g/mol. The molecule has 0 aliphatic heterocycles. The van der Waals surface area contributed by atoms with Crippen LogP contribution in [0.3, 0.4) is 0 Å². The number of carboxylic acids is 1. The number of aromatic carboxylic acids is 1. The SMILES string of the molecule is Cc1ccnn1Cc1ccc(C(=O)O)cc1Br. The van der Waals surface area contributed by atoms with E-state index in [1.807, 2.05) is 17.7 Å². The van der Waals surface area contributed by atoms with E-state index in [9.17, 15) is 4.79 Å². The van der Waals surface area contributed by atoms with Crippen LogP contribution in [0.2, 0.25) is 0 Å². The highest BCUT2D eigenvalue weighted by molar-refractivity contribution is 9.10. The maximum atomic E-state index is 10.8. The fraction of sp³-hybridized carbons (Fsp3) is 0.167. The molecule has 0 saturated carbocycles. The van der Waals surface area contributed by atoms with Gasteiger partial charge in [-0.1, -0.05) is 22.0 Å². The van der Waals surface area contributed by atoms with Crippen molar-refractivity contribution in [1.82, 2.24) is 9.78 Å². The topological polar surface area (TPSA) is 55.1 Å². The molecule has 0 aliphatic carbocycles. The van der Waals surface area contributed by atoms with Crippen molar-refractivity contribution in [2.75, 3.05) is 0 Å². The first kappa shape index (κ1) is 11.9. The standard InChI is InChI=1S/C12H11BrN2O2/c1-8-4-5-14-15(8)7-10-3-2-9(12(16)17)6-11(10)13/h2-6H,7H2,1H3,(H,16,17). The smallest absolute Gasteiger partial charge is 0.335 e. The second-order valence-electron chi connectivity index (χ2n) is 3.74. The summed E-state index contributed by atoms with van der Waals surface area (Å²) in [4.78, 5) is 10.8. The van der Waals surface area contributed by atoms with Crippen LogP contribution in [0.15, 0.2) is 34.9 Å². The Kier molecular flexibility index (Phi) is 3.28. The summed E-state index contributed by atoms with van der Waals surface area (Å²) >= 11 is 3.38. The van der Waals surface area contributed by atoms with E-state index in [1.54, 1.807) is 24.4 Å². The number of aromatic nitrogens is 2. The van der Waals surface area contributed by atoms with Crippen LogP contribution >= 0.6 is 15.9 Å². The van der Waals surface area contributed by atoms with Gasteiger partial charge in [0.1, 0.15) is 0 Å². The van der Waals surface area contributed by atoms with E-state index in [2.05, 4.69) is 21.0 Å². The monoisotopic (exact) mass is 294 g/mol. The van der Waals surface area contributed by atoms with Gasteiger partial charge in [0, 0.05) is 16.4 Å². The number of hydrogen-bond acceptors (Lipinski definition) is 2. The van der Waals surface area contributed by atoms with E-state index in [4.69, 9.17) is 5.11 Å². The summed E-state index contributed by atoms with van der Waals surface area (Å²) in [6.07, 6.45) is 1.74. The Labute approximate surface area is 107 Å². The van der Waals surface area contributed by atoms with Crippen LogP contribution in [0.4, 0.5) is 0 Å². The van der Waals surface area contributed by atoms with E-state index >= 15 is 0 Å². The molecule has 1 heterocycles. The number of halogens is 1. The second kappa shape index (κ2) is 4.71. The third-order valence-electron chi connectivity index (χ3n) is 2.55. The van der Waals surface area contributed by atoms with Crippen molar-refractivity contribution in [1.29, 1.82) is 0 Å². The fourth-order valence-electron chi connectivity index (χ4n) is 1.53. The molecule has 0 unspecified atom stereocenters. The van der Waals surface area contributed by atoms with E-state index in [1.165, 1.54) is 0 Å². The summed E-state index contributed by atoms with van der Waals surface area (Å²) in [5.41, 5.74) is 2.35. The zero-order chi connectivity index (χ0) is 12.4. The lowest BCUT2D eigenvalue weighted by Gasteiger charge is -2.07. The van der Waals surface area contributed by atoms with Crippen LogP contribution in [0.1, 0.15) is 21.6 Å². The molecule has 0 amide bonds. The Morgan fingerprint density at radius 3 is 2.76 bits per heavy atom. The summed E-state index contributed by atoms with van der Waals surface area (Å²) in [6, 6.07) is 6.94. The van der Waals surface area contributed by atoms with Crippen molar-refractivity contribution in [2.45, 2.75) is 13.5 Å². The summed E-state index contributed by atoms with van der Waals surface area (Å²) in [7, 11) is 0. The lowest BCUT2D eigenvalue weighted by atomic mass is 10.1. The predicted molar refractivity (Wildman–Crippen MR) is 67.2 cm³/mol. The van der Waals surface area contributed by atoms with Gasteiger partial charge >= 0.3 is 5.97 Å². The molecule has 2 rings (SSSR count). The highest BCUT2D eigenvalue weighted by Gasteiger charge is 2.08. The van der Waals surface area contributed by atoms with Crippen LogP contribution in [0.5, 0.6) is 0 Å². The van der Waals surface area contributed by atoms with Gasteiger partial charge < -0.3 is 5.11 Å². The van der Waals surface area contributed by atoms with Crippen molar-refractivity contribution >= 4 is 21.9 Å². The van der Waals surface area contributed by atoms with Crippen LogP contribution in [-0.2, 0) is 6.54 Å². The first-order valence-electron chi connectivity index (χ1n) is 5.08. The van der Waals surface area contributed by atoms with E-state index in [0.29, 0.717) is 6.54 Å². The number of aryl methyl sites for hydroxylation is 1. The third kappa shape index (κ3) is 2.55. The maximum Gasteiger partial charge on any atom is 0.335 e. The highest BCUT2D eigenvalue weighted by Crippen LogP contribution is 2.20. The Hall–Kier alpha value is -1.62. The number of carboxylic acid groups (broad SMARTS) is 1. The van der Waals surface area contributed by atoms with Gasteiger partial charge in [-0.25, -0.2) is 4.79 Å². The number of carbonyl (C=O) groups is 1. The molecule has 2 aromatic rings. The molecule has 0 aliphatic rings. The van der Waals surface area contributed by atoms with Gasteiger partial charge in [0.2, 0.25) is 0 Å². The molecule has 0 radical (unpaired) electrons. The summed E-state index contributed by atoms with van der Waals surface area (Å²) in [6.45, 7) is 2.60. The number of hydrogen-bond donors (Lipinski definition) is 1. The minimum absolute atomic E-state index is 0.276. The maximum absolute atomic E-state index is 10.8. The Bertz CT molecular complexity index is 563. The van der Waals surface area contributed by atoms with Crippen LogP contribution in [-0.4, -0.2) is 20.9 Å². The summed E-state index contributed by atoms with van der Waals surface area (Å²) in [5, 5.41) is 13.1. The zero-order valence-corrected chi connectivity index (χ0v) is 10.8. The molecule has 0 atom stereocenters. The van der Waals surface area contributed by atoms with Crippen molar-refractivity contribution in [3.63, 3.8) is 0 Å². The van der Waals surface area contributed by atoms with Gasteiger partial charge in [-0.15, -0.1) is 0 Å². The zero-order valence-electron chi connectivity index (χ0n) is 9.22. The van der Waals surface area contributed by atoms with Crippen LogP contribution < -0.4 is 0 Å². The molecule has 88 valence electrons. The van der Waals surface area contributed by atoms with Gasteiger partial charge in [0.15, 0.2) is 0 Å². The molecule has 5 heteroatoms. The first-order valence-corrected chi connectivity index (χ1v) is 5.87. The Morgan fingerprint density at radius 2 is 2.24 bits per heavy atom. The fourth-order valence-corrected chi connectivity index (χ4v) is 2.04. The third-order valence-corrected chi connectivity index (χ3v) is 3.29. The molecule has 0 spiro atoms. The summed E-state index contributed by atoms with van der Waals surface area (Å²) < 4.78 is 2.65. The van der Waals surface area contributed by atoms with Gasteiger partial charge in [-0.2, -0.15) is 5.10 Å². The number of rotatable bonds is 3. The van der Waals surface area contributed by atoms with Crippen molar-refractivity contribution < 1.29 is 9.90 Å². The lowest BCUT2D eigenvalue weighted by molar-refractivity contribution is 0.0697. The average molecular weight is 295 g/mol. The molecule has 1 aromatic heterocycles. The molecule has 0 bridgehead atoms. The Balaban J connectivity index is 2.29.